The van der Waals surface area contributed by atoms with Crippen LogP contribution in [0.5, 0.6) is 5.75 Å². The molecule has 0 unspecified atom stereocenters. The highest BCUT2D eigenvalue weighted by atomic mass is 16.6. The number of hydrogen-bond acceptors (Lipinski definition) is 6. The predicted octanol–water partition coefficient (Wildman–Crippen LogP) is 1.58. The Morgan fingerprint density at radius 2 is 2.00 bits per heavy atom. The van der Waals surface area contributed by atoms with Crippen LogP contribution in [0.3, 0.4) is 0 Å². The van der Waals surface area contributed by atoms with Crippen molar-refractivity contribution in [2.24, 2.45) is 0 Å². The van der Waals surface area contributed by atoms with Crippen molar-refractivity contribution in [3.05, 3.63) is 29.8 Å². The molecule has 0 aliphatic rings. The van der Waals surface area contributed by atoms with Crippen LogP contribution in [0.2, 0.25) is 0 Å². The quantitative estimate of drug-likeness (QED) is 0.802. The van der Waals surface area contributed by atoms with Crippen LogP contribution in [0.15, 0.2) is 24.3 Å². The van der Waals surface area contributed by atoms with Crippen molar-refractivity contribution in [2.75, 3.05) is 13.7 Å². The third kappa shape index (κ3) is 6.25. The van der Waals surface area contributed by atoms with E-state index in [1.807, 2.05) is 30.4 Å². The van der Waals surface area contributed by atoms with Crippen molar-refractivity contribution >= 4 is 18.0 Å². The number of aryl methyl sites for hydroxylation is 1. The summed E-state index contributed by atoms with van der Waals surface area (Å²) in [6.45, 7) is 3.42. The summed E-state index contributed by atoms with van der Waals surface area (Å²) in [4.78, 5) is 33.9. The monoisotopic (exact) mass is 309 g/mol. The van der Waals surface area contributed by atoms with Crippen molar-refractivity contribution < 1.29 is 28.6 Å². The summed E-state index contributed by atoms with van der Waals surface area (Å²) in [6.07, 6.45) is -2.01. The molecule has 2 amide bonds. The van der Waals surface area contributed by atoms with Crippen LogP contribution in [0.1, 0.15) is 18.9 Å². The standard InChI is InChI=1S/C15H19NO6/c1-10-5-4-6-12(9-10)21-8-7-13(17)22-11(2)14(18)16-15(19)20-3/h4-6,9,11H,7-8H2,1-3H3,(H,16,18,19)/t11-/m0/s1. The first-order chi connectivity index (χ1) is 10.4. The Hall–Kier alpha value is -2.57. The van der Waals surface area contributed by atoms with E-state index in [1.54, 1.807) is 6.07 Å². The van der Waals surface area contributed by atoms with Gasteiger partial charge in [0.05, 0.1) is 20.1 Å². The molecule has 1 aromatic carbocycles. The SMILES string of the molecule is COC(=O)NC(=O)[C@H](C)OC(=O)CCOc1cccc(C)c1. The molecular weight excluding hydrogens is 290 g/mol. The van der Waals surface area contributed by atoms with E-state index in [1.165, 1.54) is 6.92 Å². The number of carbonyl (C=O) groups is 3. The zero-order chi connectivity index (χ0) is 16.5. The average molecular weight is 309 g/mol. The number of ether oxygens (including phenoxy) is 3. The summed E-state index contributed by atoms with van der Waals surface area (Å²) in [5.74, 6) is -0.691. The molecule has 1 atom stereocenters. The van der Waals surface area contributed by atoms with Crippen LogP contribution in [0, 0.1) is 6.92 Å². The van der Waals surface area contributed by atoms with Crippen molar-refractivity contribution in [1.82, 2.24) is 5.32 Å². The van der Waals surface area contributed by atoms with E-state index in [0.717, 1.165) is 12.7 Å². The maximum absolute atomic E-state index is 11.6. The van der Waals surface area contributed by atoms with Gasteiger partial charge in [-0.3, -0.25) is 14.9 Å². The molecule has 0 spiro atoms. The number of hydrogen-bond donors (Lipinski definition) is 1. The van der Waals surface area contributed by atoms with Gasteiger partial charge >= 0.3 is 12.1 Å². The molecule has 0 aromatic heterocycles. The summed E-state index contributed by atoms with van der Waals surface area (Å²) in [5.41, 5.74) is 1.05. The lowest BCUT2D eigenvalue weighted by molar-refractivity contribution is -0.155. The molecule has 0 heterocycles. The Balaban J connectivity index is 2.30. The normalized spacial score (nSPS) is 11.2. The van der Waals surface area contributed by atoms with E-state index in [2.05, 4.69) is 4.74 Å². The van der Waals surface area contributed by atoms with Gasteiger partial charge in [-0.15, -0.1) is 0 Å². The number of nitrogens with one attached hydrogen (secondary N) is 1. The number of imide groups is 1. The fraction of sp³-hybridized carbons (Fsp3) is 0.400. The fourth-order valence-corrected chi connectivity index (χ4v) is 1.52. The second kappa shape index (κ2) is 8.66. The Morgan fingerprint density at radius 1 is 1.27 bits per heavy atom. The van der Waals surface area contributed by atoms with Crippen molar-refractivity contribution in [3.8, 4) is 5.75 Å². The molecule has 0 aliphatic heterocycles. The Labute approximate surface area is 128 Å². The molecule has 0 aliphatic carbocycles. The highest BCUT2D eigenvalue weighted by molar-refractivity contribution is 5.94. The summed E-state index contributed by atoms with van der Waals surface area (Å²) < 4.78 is 14.6. The van der Waals surface area contributed by atoms with Gasteiger partial charge in [-0.25, -0.2) is 4.79 Å². The number of carbonyl (C=O) groups excluding carboxylic acids is 3. The third-order valence-corrected chi connectivity index (χ3v) is 2.65. The number of rotatable bonds is 6. The molecule has 22 heavy (non-hydrogen) atoms. The van der Waals surface area contributed by atoms with Crippen LogP contribution < -0.4 is 10.1 Å². The number of benzene rings is 1. The maximum Gasteiger partial charge on any atom is 0.413 e. The molecule has 0 saturated carbocycles. The van der Waals surface area contributed by atoms with Crippen LogP contribution in [0.4, 0.5) is 4.79 Å². The van der Waals surface area contributed by atoms with E-state index in [9.17, 15) is 14.4 Å². The minimum Gasteiger partial charge on any atom is -0.493 e. The van der Waals surface area contributed by atoms with Crippen LogP contribution in [0.25, 0.3) is 0 Å². The summed E-state index contributed by atoms with van der Waals surface area (Å²) in [6, 6.07) is 7.41. The van der Waals surface area contributed by atoms with Gasteiger partial charge in [0.1, 0.15) is 5.75 Å². The third-order valence-electron chi connectivity index (χ3n) is 2.65. The summed E-state index contributed by atoms with van der Waals surface area (Å²) in [5, 5.41) is 1.91. The van der Waals surface area contributed by atoms with E-state index in [4.69, 9.17) is 9.47 Å². The Morgan fingerprint density at radius 3 is 2.64 bits per heavy atom. The number of amides is 2. The topological polar surface area (TPSA) is 90.9 Å². The van der Waals surface area contributed by atoms with Gasteiger partial charge in [0, 0.05) is 0 Å². The van der Waals surface area contributed by atoms with Crippen molar-refractivity contribution in [2.45, 2.75) is 26.4 Å². The van der Waals surface area contributed by atoms with Crippen molar-refractivity contribution in [1.29, 1.82) is 0 Å². The summed E-state index contributed by atoms with van der Waals surface area (Å²) in [7, 11) is 1.13. The lowest BCUT2D eigenvalue weighted by Crippen LogP contribution is -2.39. The van der Waals surface area contributed by atoms with Crippen LogP contribution >= 0.6 is 0 Å². The van der Waals surface area contributed by atoms with Crippen LogP contribution in [-0.2, 0) is 19.1 Å². The molecule has 0 saturated heterocycles. The smallest absolute Gasteiger partial charge is 0.413 e. The van der Waals surface area contributed by atoms with Gasteiger partial charge in [-0.2, -0.15) is 0 Å². The molecular formula is C15H19NO6. The maximum atomic E-state index is 11.6. The van der Waals surface area contributed by atoms with E-state index < -0.39 is 24.1 Å². The molecule has 1 aromatic rings. The van der Waals surface area contributed by atoms with Gasteiger partial charge in [-0.05, 0) is 31.5 Å². The first-order valence-electron chi connectivity index (χ1n) is 6.70. The molecule has 7 heteroatoms. The Bertz CT molecular complexity index is 543. The highest BCUT2D eigenvalue weighted by Crippen LogP contribution is 2.12. The second-order valence-corrected chi connectivity index (χ2v) is 4.53. The van der Waals surface area contributed by atoms with Gasteiger partial charge in [0.15, 0.2) is 6.10 Å². The van der Waals surface area contributed by atoms with Gasteiger partial charge in [0.25, 0.3) is 5.91 Å². The number of alkyl carbamates (subject to hydrolysis) is 1. The first kappa shape index (κ1) is 17.5. The van der Waals surface area contributed by atoms with Crippen molar-refractivity contribution in [3.63, 3.8) is 0 Å². The first-order valence-corrected chi connectivity index (χ1v) is 6.70. The summed E-state index contributed by atoms with van der Waals surface area (Å²) >= 11 is 0. The number of esters is 1. The number of methoxy groups -OCH3 is 1. The molecule has 1 N–H and O–H groups in total. The van der Waals surface area contributed by atoms with E-state index in [-0.39, 0.29) is 13.0 Å². The molecule has 7 nitrogen and oxygen atoms in total. The fourth-order valence-electron chi connectivity index (χ4n) is 1.52. The molecule has 120 valence electrons. The van der Waals surface area contributed by atoms with Gasteiger partial charge in [0.2, 0.25) is 0 Å². The molecule has 0 fully saturated rings. The van der Waals surface area contributed by atoms with E-state index >= 15 is 0 Å². The molecule has 1 rings (SSSR count). The lowest BCUT2D eigenvalue weighted by Gasteiger charge is -2.12. The lowest BCUT2D eigenvalue weighted by atomic mass is 10.2. The molecule has 0 bridgehead atoms. The van der Waals surface area contributed by atoms with Gasteiger partial charge in [-0.1, -0.05) is 12.1 Å². The zero-order valence-electron chi connectivity index (χ0n) is 12.8. The minimum atomic E-state index is -1.09. The largest absolute Gasteiger partial charge is 0.493 e. The predicted molar refractivity (Wildman–Crippen MR) is 77.4 cm³/mol. The minimum absolute atomic E-state index is 0.0101. The molecule has 0 radical (unpaired) electrons. The Kier molecular flexibility index (Phi) is 6.88. The highest BCUT2D eigenvalue weighted by Gasteiger charge is 2.20. The average Bonchev–Trinajstić information content (AvgIpc) is 2.47. The van der Waals surface area contributed by atoms with E-state index in [0.29, 0.717) is 5.75 Å². The van der Waals surface area contributed by atoms with Gasteiger partial charge < -0.3 is 14.2 Å². The zero-order valence-corrected chi connectivity index (χ0v) is 12.8. The second-order valence-electron chi connectivity index (χ2n) is 4.53. The van der Waals surface area contributed by atoms with Crippen LogP contribution in [-0.4, -0.2) is 37.8 Å².